The number of rotatable bonds is 5. The topological polar surface area (TPSA) is 86.5 Å². The number of amides is 1. The summed E-state index contributed by atoms with van der Waals surface area (Å²) in [6.07, 6.45) is 3.60. The lowest BCUT2D eigenvalue weighted by molar-refractivity contribution is 0.0998. The van der Waals surface area contributed by atoms with Crippen molar-refractivity contribution in [2.75, 3.05) is 26.2 Å². The fourth-order valence-electron chi connectivity index (χ4n) is 3.16. The summed E-state index contributed by atoms with van der Waals surface area (Å²) < 4.78 is 0. The van der Waals surface area contributed by atoms with E-state index in [0.717, 1.165) is 36.0 Å². The fourth-order valence-corrected chi connectivity index (χ4v) is 3.16. The molecular weight excluding hydrogens is 302 g/mol. The quantitative estimate of drug-likeness (QED) is 0.445. The first-order chi connectivity index (χ1) is 11.6. The highest BCUT2D eigenvalue weighted by Gasteiger charge is 2.11. The van der Waals surface area contributed by atoms with Crippen LogP contribution in [0.25, 0.3) is 10.9 Å². The number of nitrogens with one attached hydrogen (secondary N) is 2. The number of carbonyl (C=O) groups excluding carboxylic acids is 1. The van der Waals surface area contributed by atoms with Crippen LogP contribution in [-0.4, -0.2) is 47.9 Å². The van der Waals surface area contributed by atoms with Crippen molar-refractivity contribution in [3.8, 4) is 0 Å². The molecule has 6 heteroatoms. The number of benzene rings is 1. The molecule has 1 amide bonds. The summed E-state index contributed by atoms with van der Waals surface area (Å²) in [7, 11) is 0. The summed E-state index contributed by atoms with van der Waals surface area (Å²) in [5.41, 5.74) is 8.34. The zero-order valence-corrected chi connectivity index (χ0v) is 14.1. The lowest BCUT2D eigenvalue weighted by atomic mass is 10.1. The Morgan fingerprint density at radius 2 is 2.17 bits per heavy atom. The van der Waals surface area contributed by atoms with Crippen LogP contribution in [0.3, 0.4) is 0 Å². The van der Waals surface area contributed by atoms with Gasteiger partial charge in [0.25, 0.3) is 5.91 Å². The minimum Gasteiger partial charge on any atom is -0.370 e. The van der Waals surface area contributed by atoms with Gasteiger partial charge in [-0.15, -0.1) is 0 Å². The van der Waals surface area contributed by atoms with Crippen molar-refractivity contribution in [1.82, 2.24) is 15.2 Å². The number of likely N-dealkylation sites (tertiary alicyclic amines) is 1. The van der Waals surface area contributed by atoms with Gasteiger partial charge in [0.1, 0.15) is 5.69 Å². The second-order valence-corrected chi connectivity index (χ2v) is 6.35. The van der Waals surface area contributed by atoms with Gasteiger partial charge in [-0.2, -0.15) is 4.99 Å². The molecule has 1 aliphatic heterocycles. The predicted molar refractivity (Wildman–Crippen MR) is 97.3 cm³/mol. The van der Waals surface area contributed by atoms with Gasteiger partial charge in [-0.3, -0.25) is 4.79 Å². The normalized spacial score (nSPS) is 16.0. The molecule has 2 aromatic rings. The van der Waals surface area contributed by atoms with Crippen LogP contribution in [0.2, 0.25) is 0 Å². The molecule has 0 aliphatic carbocycles. The molecule has 0 spiro atoms. The van der Waals surface area contributed by atoms with E-state index in [0.29, 0.717) is 5.69 Å². The molecule has 0 atom stereocenters. The number of H-pyrrole nitrogens is 1. The number of nitrogens with two attached hydrogens (primary N) is 1. The van der Waals surface area contributed by atoms with Crippen LogP contribution in [0.4, 0.5) is 0 Å². The molecule has 0 bridgehead atoms. The third-order valence-electron chi connectivity index (χ3n) is 4.49. The van der Waals surface area contributed by atoms with Crippen LogP contribution < -0.4 is 11.1 Å². The number of carbonyl (C=O) groups is 1. The van der Waals surface area contributed by atoms with Gasteiger partial charge in [-0.1, -0.05) is 12.1 Å². The molecule has 4 N–H and O–H groups in total. The molecule has 6 nitrogen and oxygen atoms in total. The van der Waals surface area contributed by atoms with Crippen molar-refractivity contribution in [2.24, 2.45) is 10.7 Å². The molecule has 1 saturated heterocycles. The minimum atomic E-state index is -0.352. The highest BCUT2D eigenvalue weighted by Crippen LogP contribution is 2.19. The van der Waals surface area contributed by atoms with E-state index in [1.807, 2.05) is 31.2 Å². The Hall–Kier alpha value is -2.34. The maximum atomic E-state index is 12.2. The summed E-state index contributed by atoms with van der Waals surface area (Å²) in [6, 6.07) is 7.76. The van der Waals surface area contributed by atoms with Crippen molar-refractivity contribution in [3.05, 3.63) is 35.5 Å². The Balaban J connectivity index is 1.53. The van der Waals surface area contributed by atoms with E-state index >= 15 is 0 Å². The third-order valence-corrected chi connectivity index (χ3v) is 4.49. The van der Waals surface area contributed by atoms with Crippen molar-refractivity contribution < 1.29 is 4.79 Å². The predicted octanol–water partition coefficient (Wildman–Crippen LogP) is 2.01. The van der Waals surface area contributed by atoms with Crippen LogP contribution in [0.5, 0.6) is 0 Å². The van der Waals surface area contributed by atoms with E-state index in [4.69, 9.17) is 5.73 Å². The molecule has 128 valence electrons. The van der Waals surface area contributed by atoms with Crippen molar-refractivity contribution >= 4 is 22.8 Å². The molecule has 0 radical (unpaired) electrons. The molecule has 0 unspecified atom stereocenters. The second-order valence-electron chi connectivity index (χ2n) is 6.35. The molecule has 1 aromatic carbocycles. The first-order valence-electron chi connectivity index (χ1n) is 8.56. The summed E-state index contributed by atoms with van der Waals surface area (Å²) in [6.45, 7) is 6.20. The van der Waals surface area contributed by atoms with Gasteiger partial charge in [0.05, 0.1) is 0 Å². The Morgan fingerprint density at radius 1 is 1.38 bits per heavy atom. The molecule has 2 heterocycles. The monoisotopic (exact) mass is 327 g/mol. The van der Waals surface area contributed by atoms with E-state index in [9.17, 15) is 4.79 Å². The van der Waals surface area contributed by atoms with E-state index in [1.54, 1.807) is 0 Å². The van der Waals surface area contributed by atoms with Crippen LogP contribution in [0.15, 0.2) is 29.3 Å². The highest BCUT2D eigenvalue weighted by molar-refractivity contribution is 6.04. The standard InChI is InChI=1S/C18H25N5O/c1-13-6-4-7-15-14(13)12-16(21-15)17(24)22-18(19)20-8-5-11-23-9-2-3-10-23/h4,6-7,12,21H,2-3,5,8-11H2,1H3,(H3,19,20,22,24). The fraction of sp³-hybridized carbons (Fsp3) is 0.444. The second kappa shape index (κ2) is 7.49. The van der Waals surface area contributed by atoms with E-state index in [2.05, 4.69) is 20.2 Å². The third kappa shape index (κ3) is 3.94. The van der Waals surface area contributed by atoms with Gasteiger partial charge in [0.2, 0.25) is 0 Å². The van der Waals surface area contributed by atoms with Crippen molar-refractivity contribution in [3.63, 3.8) is 0 Å². The van der Waals surface area contributed by atoms with Crippen molar-refractivity contribution in [1.29, 1.82) is 0 Å². The van der Waals surface area contributed by atoms with Gasteiger partial charge in [0.15, 0.2) is 5.96 Å². The molecule has 1 fully saturated rings. The molecule has 1 aliphatic rings. The van der Waals surface area contributed by atoms with Gasteiger partial charge in [0, 0.05) is 17.4 Å². The Morgan fingerprint density at radius 3 is 2.92 bits per heavy atom. The minimum absolute atomic E-state index is 0.178. The number of aromatic amines is 1. The van der Waals surface area contributed by atoms with Gasteiger partial charge < -0.3 is 20.9 Å². The zero-order chi connectivity index (χ0) is 16.9. The van der Waals surface area contributed by atoms with Crippen LogP contribution in [-0.2, 0) is 0 Å². The lowest BCUT2D eigenvalue weighted by Gasteiger charge is -2.14. The Labute approximate surface area is 142 Å². The van der Waals surface area contributed by atoms with Crippen LogP contribution in [0.1, 0.15) is 35.3 Å². The average molecular weight is 327 g/mol. The van der Waals surface area contributed by atoms with Gasteiger partial charge >= 0.3 is 0 Å². The molecular formula is C18H25N5O. The zero-order valence-electron chi connectivity index (χ0n) is 14.1. The number of hydrogen-bond acceptors (Lipinski definition) is 2. The summed E-state index contributed by atoms with van der Waals surface area (Å²) in [5, 5.41) is 4.05. The smallest absolute Gasteiger partial charge is 0.296 e. The van der Waals surface area contributed by atoms with E-state index < -0.39 is 0 Å². The first kappa shape index (κ1) is 16.5. The molecule has 1 aromatic heterocycles. The number of guanidine groups is 1. The molecule has 24 heavy (non-hydrogen) atoms. The number of aryl methyl sites for hydroxylation is 1. The van der Waals surface area contributed by atoms with Gasteiger partial charge in [-0.25, -0.2) is 0 Å². The number of nitrogens with zero attached hydrogens (tertiary/aromatic N) is 2. The number of aliphatic imine (C=N–C) groups is 1. The maximum absolute atomic E-state index is 12.2. The highest BCUT2D eigenvalue weighted by atomic mass is 16.1. The molecule has 0 saturated carbocycles. The summed E-state index contributed by atoms with van der Waals surface area (Å²) in [5.74, 6) is -0.174. The number of fused-ring (bicyclic) bond motifs is 1. The van der Waals surface area contributed by atoms with Crippen molar-refractivity contribution in [2.45, 2.75) is 26.2 Å². The SMILES string of the molecule is Cc1cccc2[nH]c(C(=O)N=C(N)NCCCN3CCCC3)cc12. The first-order valence-corrected chi connectivity index (χ1v) is 8.56. The Bertz CT molecular complexity index is 743. The van der Waals surface area contributed by atoms with E-state index in [1.165, 1.54) is 25.9 Å². The molecule has 3 rings (SSSR count). The largest absolute Gasteiger partial charge is 0.370 e. The summed E-state index contributed by atoms with van der Waals surface area (Å²) in [4.78, 5) is 21.7. The summed E-state index contributed by atoms with van der Waals surface area (Å²) >= 11 is 0. The van der Waals surface area contributed by atoms with Crippen LogP contribution in [0, 0.1) is 6.92 Å². The Kier molecular flexibility index (Phi) is 5.15. The van der Waals surface area contributed by atoms with Gasteiger partial charge in [-0.05, 0) is 63.5 Å². The lowest BCUT2D eigenvalue weighted by Crippen LogP contribution is -2.34. The average Bonchev–Trinajstić information content (AvgIpc) is 3.21. The maximum Gasteiger partial charge on any atom is 0.296 e. The number of aromatic nitrogens is 1. The van der Waals surface area contributed by atoms with Crippen LogP contribution >= 0.6 is 0 Å². The number of hydrogen-bond donors (Lipinski definition) is 3. The van der Waals surface area contributed by atoms with E-state index in [-0.39, 0.29) is 11.9 Å².